The van der Waals surface area contributed by atoms with Crippen molar-refractivity contribution in [3.63, 3.8) is 0 Å². The zero-order chi connectivity index (χ0) is 26.0. The lowest BCUT2D eigenvalue weighted by Gasteiger charge is -2.40. The van der Waals surface area contributed by atoms with Crippen molar-refractivity contribution in [2.75, 3.05) is 14.2 Å². The van der Waals surface area contributed by atoms with E-state index in [4.69, 9.17) is 21.1 Å². The third-order valence-corrected chi connectivity index (χ3v) is 8.38. The summed E-state index contributed by atoms with van der Waals surface area (Å²) in [6, 6.07) is 16.4. The number of aliphatic carboxylic acids is 1. The van der Waals surface area contributed by atoms with Crippen molar-refractivity contribution in [1.29, 1.82) is 0 Å². The minimum atomic E-state index is -4.16. The van der Waals surface area contributed by atoms with Gasteiger partial charge < -0.3 is 14.6 Å². The van der Waals surface area contributed by atoms with Crippen LogP contribution in [0.1, 0.15) is 35.2 Å². The van der Waals surface area contributed by atoms with E-state index in [0.29, 0.717) is 27.6 Å². The van der Waals surface area contributed by atoms with Gasteiger partial charge in [-0.05, 0) is 60.9 Å². The first kappa shape index (κ1) is 25.8. The van der Waals surface area contributed by atoms with Crippen molar-refractivity contribution in [2.24, 2.45) is 0 Å². The first-order valence-electron chi connectivity index (χ1n) is 11.2. The molecule has 0 spiro atoms. The molecular weight excluding hydrogens is 502 g/mol. The molecule has 7 nitrogen and oxygen atoms in total. The Kier molecular flexibility index (Phi) is 7.40. The molecule has 0 fully saturated rings. The molecule has 3 aromatic carbocycles. The number of halogens is 1. The monoisotopic (exact) mass is 527 g/mol. The fourth-order valence-corrected chi connectivity index (χ4v) is 6.33. The zero-order valence-corrected chi connectivity index (χ0v) is 21.6. The third kappa shape index (κ3) is 4.84. The number of aryl methyl sites for hydroxylation is 1. The number of carboxylic acid groups (broad SMARTS) is 1. The van der Waals surface area contributed by atoms with Gasteiger partial charge in [0.15, 0.2) is 11.5 Å². The SMILES string of the molecule is COc1ccc([C@@H]2CC=C(C(=O)O)[C@H](c3ccc(Cl)cc3)N2S(=O)(=O)c2ccc(C)cc2)cc1OC. The average Bonchev–Trinajstić information content (AvgIpc) is 2.88. The Morgan fingerprint density at radius 3 is 2.14 bits per heavy atom. The minimum absolute atomic E-state index is 0.0234. The summed E-state index contributed by atoms with van der Waals surface area (Å²) < 4.78 is 40.5. The minimum Gasteiger partial charge on any atom is -0.493 e. The summed E-state index contributed by atoms with van der Waals surface area (Å²) in [4.78, 5) is 12.4. The molecule has 0 aliphatic carbocycles. The summed E-state index contributed by atoms with van der Waals surface area (Å²) >= 11 is 6.08. The molecule has 0 amide bonds. The highest BCUT2D eigenvalue weighted by atomic mass is 35.5. The maximum Gasteiger partial charge on any atom is 0.333 e. The van der Waals surface area contributed by atoms with Crippen LogP contribution in [0.3, 0.4) is 0 Å². The maximum atomic E-state index is 14.2. The largest absolute Gasteiger partial charge is 0.493 e. The fraction of sp³-hybridized carbons (Fsp3) is 0.222. The van der Waals surface area contributed by atoms with Crippen molar-refractivity contribution in [2.45, 2.75) is 30.3 Å². The topological polar surface area (TPSA) is 93.1 Å². The molecule has 188 valence electrons. The molecule has 0 saturated carbocycles. The Balaban J connectivity index is 1.97. The Bertz CT molecular complexity index is 1400. The van der Waals surface area contributed by atoms with E-state index in [2.05, 4.69) is 0 Å². The number of benzene rings is 3. The number of methoxy groups -OCH3 is 2. The normalized spacial score (nSPS) is 18.4. The highest BCUT2D eigenvalue weighted by molar-refractivity contribution is 7.89. The van der Waals surface area contributed by atoms with Gasteiger partial charge in [0.1, 0.15) is 0 Å². The number of carboxylic acids is 1. The average molecular weight is 528 g/mol. The van der Waals surface area contributed by atoms with Crippen LogP contribution in [0.4, 0.5) is 0 Å². The van der Waals surface area contributed by atoms with E-state index in [-0.39, 0.29) is 16.9 Å². The Labute approximate surface area is 215 Å². The standard InChI is InChI=1S/C27H26ClNO6S/c1-17-4-11-21(12-5-17)36(32,33)29-23(19-8-15-24(34-2)25(16-19)35-3)14-13-22(27(30)31)26(29)18-6-9-20(28)10-7-18/h4-13,15-16,23,26H,14H2,1-3H3,(H,30,31)/t23-,26-/m0/s1. The number of rotatable bonds is 7. The predicted molar refractivity (Wildman–Crippen MR) is 137 cm³/mol. The zero-order valence-electron chi connectivity index (χ0n) is 20.0. The highest BCUT2D eigenvalue weighted by Gasteiger charge is 2.44. The maximum absolute atomic E-state index is 14.2. The van der Waals surface area contributed by atoms with E-state index in [9.17, 15) is 18.3 Å². The van der Waals surface area contributed by atoms with Crippen LogP contribution in [-0.2, 0) is 14.8 Å². The molecule has 1 heterocycles. The van der Waals surface area contributed by atoms with E-state index in [1.165, 1.54) is 30.7 Å². The predicted octanol–water partition coefficient (Wildman–Crippen LogP) is 5.55. The Morgan fingerprint density at radius 1 is 0.944 bits per heavy atom. The van der Waals surface area contributed by atoms with Crippen LogP contribution in [0.2, 0.25) is 5.02 Å². The van der Waals surface area contributed by atoms with Gasteiger partial charge in [-0.15, -0.1) is 0 Å². The summed E-state index contributed by atoms with van der Waals surface area (Å²) in [6.07, 6.45) is 1.75. The van der Waals surface area contributed by atoms with Crippen LogP contribution in [0, 0.1) is 6.92 Å². The van der Waals surface area contributed by atoms with E-state index >= 15 is 0 Å². The molecule has 1 N–H and O–H groups in total. The summed E-state index contributed by atoms with van der Waals surface area (Å²) in [7, 11) is -1.14. The molecule has 9 heteroatoms. The number of hydrogen-bond donors (Lipinski definition) is 1. The number of hydrogen-bond acceptors (Lipinski definition) is 5. The molecule has 0 aromatic heterocycles. The van der Waals surface area contributed by atoms with E-state index < -0.39 is 28.1 Å². The molecular formula is C27H26ClNO6S. The molecule has 0 radical (unpaired) electrons. The van der Waals surface area contributed by atoms with Crippen molar-refractivity contribution in [3.8, 4) is 11.5 Å². The molecule has 0 saturated heterocycles. The van der Waals surface area contributed by atoms with E-state index in [1.807, 2.05) is 6.92 Å². The number of sulfonamides is 1. The molecule has 1 aliphatic heterocycles. The van der Waals surface area contributed by atoms with Gasteiger partial charge in [0, 0.05) is 5.02 Å². The van der Waals surface area contributed by atoms with Crippen molar-refractivity contribution in [3.05, 3.63) is 100 Å². The van der Waals surface area contributed by atoms with Gasteiger partial charge in [0.2, 0.25) is 10.0 Å². The quantitative estimate of drug-likeness (QED) is 0.433. The molecule has 3 aromatic rings. The fourth-order valence-electron chi connectivity index (χ4n) is 4.43. The molecule has 2 atom stereocenters. The Hall–Kier alpha value is -3.33. The summed E-state index contributed by atoms with van der Waals surface area (Å²) in [5.74, 6) is -0.246. The second-order valence-corrected chi connectivity index (χ2v) is 10.7. The highest BCUT2D eigenvalue weighted by Crippen LogP contribution is 2.47. The third-order valence-electron chi connectivity index (χ3n) is 6.24. The van der Waals surface area contributed by atoms with E-state index in [0.717, 1.165) is 5.56 Å². The van der Waals surface area contributed by atoms with Crippen molar-refractivity contribution >= 4 is 27.6 Å². The molecule has 4 rings (SSSR count). The van der Waals surface area contributed by atoms with Crippen LogP contribution >= 0.6 is 11.6 Å². The second-order valence-electron chi connectivity index (χ2n) is 8.43. The van der Waals surface area contributed by atoms with Crippen molar-refractivity contribution < 1.29 is 27.8 Å². The number of ether oxygens (including phenoxy) is 2. The Morgan fingerprint density at radius 2 is 1.56 bits per heavy atom. The van der Waals surface area contributed by atoms with Crippen LogP contribution in [0.25, 0.3) is 0 Å². The van der Waals surface area contributed by atoms with Gasteiger partial charge in [0.25, 0.3) is 0 Å². The summed E-state index contributed by atoms with van der Waals surface area (Å²) in [5.41, 5.74) is 2.02. The van der Waals surface area contributed by atoms with Gasteiger partial charge >= 0.3 is 5.97 Å². The van der Waals surface area contributed by atoms with Crippen LogP contribution in [0.5, 0.6) is 11.5 Å². The molecule has 0 bridgehead atoms. The molecule has 36 heavy (non-hydrogen) atoms. The second kappa shape index (κ2) is 10.3. The van der Waals surface area contributed by atoms with Gasteiger partial charge in [-0.1, -0.05) is 53.6 Å². The van der Waals surface area contributed by atoms with Gasteiger partial charge in [-0.25, -0.2) is 13.2 Å². The first-order valence-corrected chi connectivity index (χ1v) is 13.0. The van der Waals surface area contributed by atoms with Crippen LogP contribution in [0.15, 0.2) is 83.3 Å². The molecule has 1 aliphatic rings. The van der Waals surface area contributed by atoms with Crippen LogP contribution < -0.4 is 9.47 Å². The summed E-state index contributed by atoms with van der Waals surface area (Å²) in [5, 5.41) is 10.5. The lowest BCUT2D eigenvalue weighted by Crippen LogP contribution is -2.42. The van der Waals surface area contributed by atoms with Crippen molar-refractivity contribution in [1.82, 2.24) is 4.31 Å². The smallest absolute Gasteiger partial charge is 0.333 e. The lowest BCUT2D eigenvalue weighted by molar-refractivity contribution is -0.133. The van der Waals surface area contributed by atoms with Crippen LogP contribution in [-0.4, -0.2) is 38.0 Å². The first-order chi connectivity index (χ1) is 17.2. The number of carbonyl (C=O) groups is 1. The van der Waals surface area contributed by atoms with E-state index in [1.54, 1.807) is 60.7 Å². The lowest BCUT2D eigenvalue weighted by atomic mass is 9.89. The van der Waals surface area contributed by atoms with Gasteiger partial charge in [-0.3, -0.25) is 0 Å². The van der Waals surface area contributed by atoms with Gasteiger partial charge in [0.05, 0.1) is 36.8 Å². The number of nitrogens with zero attached hydrogens (tertiary/aromatic N) is 1. The molecule has 0 unspecified atom stereocenters. The summed E-state index contributed by atoms with van der Waals surface area (Å²) in [6.45, 7) is 1.87. The van der Waals surface area contributed by atoms with Gasteiger partial charge in [-0.2, -0.15) is 4.31 Å².